The third-order valence-electron chi connectivity index (χ3n) is 8.74. The first-order valence-electron chi connectivity index (χ1n) is 10.6. The maximum absolute atomic E-state index is 11.6. The Labute approximate surface area is 151 Å². The van der Waals surface area contributed by atoms with Crippen LogP contribution in [-0.2, 0) is 14.3 Å². The van der Waals surface area contributed by atoms with Crippen LogP contribution in [0.3, 0.4) is 0 Å². The van der Waals surface area contributed by atoms with E-state index in [1.165, 1.54) is 64.1 Å². The highest BCUT2D eigenvalue weighted by Crippen LogP contribution is 2.66. The van der Waals surface area contributed by atoms with Gasteiger partial charge in [0.05, 0.1) is 25.9 Å². The monoisotopic (exact) mass is 344 g/mol. The van der Waals surface area contributed by atoms with E-state index in [4.69, 9.17) is 9.47 Å². The lowest BCUT2D eigenvalue weighted by molar-refractivity contribution is -0.119. The predicted molar refractivity (Wildman–Crippen MR) is 96.2 cm³/mol. The molecule has 4 aliphatic carbocycles. The molecule has 3 nitrogen and oxygen atoms in total. The van der Waals surface area contributed by atoms with Crippen molar-refractivity contribution in [3.05, 3.63) is 11.6 Å². The molecule has 0 aromatic carbocycles. The Morgan fingerprint density at radius 3 is 3.00 bits per heavy atom. The number of hydrogen-bond acceptors (Lipinski definition) is 3. The van der Waals surface area contributed by atoms with Gasteiger partial charge < -0.3 is 14.3 Å². The van der Waals surface area contributed by atoms with E-state index in [0.29, 0.717) is 6.10 Å². The van der Waals surface area contributed by atoms with E-state index in [2.05, 4.69) is 6.08 Å². The van der Waals surface area contributed by atoms with Crippen molar-refractivity contribution in [3.8, 4) is 0 Å². The second-order valence-electron chi connectivity index (χ2n) is 9.34. The average Bonchev–Trinajstić information content (AvgIpc) is 2.89. The third-order valence-corrected chi connectivity index (χ3v) is 8.74. The summed E-state index contributed by atoms with van der Waals surface area (Å²) in [7, 11) is 0. The van der Waals surface area contributed by atoms with Crippen LogP contribution in [0, 0.1) is 28.6 Å². The van der Waals surface area contributed by atoms with Gasteiger partial charge in [-0.2, -0.15) is 0 Å². The zero-order chi connectivity index (χ0) is 16.9. The molecule has 0 aromatic rings. The Morgan fingerprint density at radius 2 is 2.08 bits per heavy atom. The molecule has 0 aromatic heterocycles. The second kappa shape index (κ2) is 6.20. The highest BCUT2D eigenvalue weighted by molar-refractivity contribution is 5.53. The summed E-state index contributed by atoms with van der Waals surface area (Å²) in [5.41, 5.74) is 2.11. The van der Waals surface area contributed by atoms with E-state index in [1.54, 1.807) is 5.57 Å². The van der Waals surface area contributed by atoms with Crippen LogP contribution >= 0.6 is 0 Å². The minimum absolute atomic E-state index is 0.203. The van der Waals surface area contributed by atoms with Crippen molar-refractivity contribution in [1.29, 1.82) is 0 Å². The standard InChI is InChI=1S/C22H32O3/c23-12-11-21-9-2-1-3-16(21)4-5-17-18-6-7-20-22(18,10-8-19(17)21)15-24-13-14-25-20/h4,12,17-20H,1-3,5-11,13-15H2/t17-,18-,19-,20?,21+,22+/m0/s1. The smallest absolute Gasteiger partial charge is 0.120 e. The minimum Gasteiger partial charge on any atom is -0.378 e. The number of allylic oxidation sites excluding steroid dienone is 2. The van der Waals surface area contributed by atoms with Crippen molar-refractivity contribution < 1.29 is 14.3 Å². The van der Waals surface area contributed by atoms with Gasteiger partial charge in [0.15, 0.2) is 0 Å². The van der Waals surface area contributed by atoms with Crippen LogP contribution in [0.4, 0.5) is 0 Å². The van der Waals surface area contributed by atoms with Crippen molar-refractivity contribution >= 4 is 6.29 Å². The number of carbonyl (C=O) groups is 1. The molecule has 5 rings (SSSR count). The van der Waals surface area contributed by atoms with Gasteiger partial charge in [-0.05, 0) is 69.1 Å². The Bertz CT molecular complexity index is 570. The van der Waals surface area contributed by atoms with E-state index in [9.17, 15) is 4.79 Å². The maximum atomic E-state index is 11.6. The maximum Gasteiger partial charge on any atom is 0.120 e. The van der Waals surface area contributed by atoms with Crippen LogP contribution < -0.4 is 0 Å². The normalized spacial score (nSPS) is 49.0. The predicted octanol–water partition coefficient (Wildman–Crippen LogP) is 4.30. The van der Waals surface area contributed by atoms with Crippen LogP contribution in [0.15, 0.2) is 11.6 Å². The minimum atomic E-state index is 0.203. The SMILES string of the molecule is O=CC[C@]12CCCCC1=CC[C@@H]1[C@@H]2CC[C@]23COCCOC2CC[C@@H]13. The molecule has 1 heterocycles. The fraction of sp³-hybridized carbons (Fsp3) is 0.864. The third kappa shape index (κ3) is 2.27. The van der Waals surface area contributed by atoms with Gasteiger partial charge in [0.25, 0.3) is 0 Å². The molecule has 0 radical (unpaired) electrons. The topological polar surface area (TPSA) is 35.5 Å². The molecule has 1 unspecified atom stereocenters. The lowest BCUT2D eigenvalue weighted by atomic mass is 9.46. The average molecular weight is 344 g/mol. The van der Waals surface area contributed by atoms with Gasteiger partial charge in [-0.3, -0.25) is 0 Å². The Hall–Kier alpha value is -0.670. The van der Waals surface area contributed by atoms with Crippen molar-refractivity contribution in [2.45, 2.75) is 70.3 Å². The number of hydrogen-bond donors (Lipinski definition) is 0. The summed E-state index contributed by atoms with van der Waals surface area (Å²) in [6.07, 6.45) is 16.3. The highest BCUT2D eigenvalue weighted by atomic mass is 16.5. The van der Waals surface area contributed by atoms with E-state index >= 15 is 0 Å². The fourth-order valence-corrected chi connectivity index (χ4v) is 7.80. The van der Waals surface area contributed by atoms with Crippen molar-refractivity contribution in [3.63, 3.8) is 0 Å². The molecule has 1 saturated heterocycles. The van der Waals surface area contributed by atoms with Gasteiger partial charge in [0, 0.05) is 17.3 Å². The van der Waals surface area contributed by atoms with Gasteiger partial charge in [-0.15, -0.1) is 0 Å². The second-order valence-corrected chi connectivity index (χ2v) is 9.34. The summed E-state index contributed by atoms with van der Waals surface area (Å²) in [4.78, 5) is 11.6. The van der Waals surface area contributed by atoms with Crippen LogP contribution in [0.5, 0.6) is 0 Å². The Balaban J connectivity index is 1.51. The van der Waals surface area contributed by atoms with Gasteiger partial charge in [-0.25, -0.2) is 0 Å². The van der Waals surface area contributed by atoms with E-state index < -0.39 is 0 Å². The molecular weight excluding hydrogens is 312 g/mol. The number of rotatable bonds is 2. The molecule has 3 heteroatoms. The zero-order valence-corrected chi connectivity index (χ0v) is 15.4. The van der Waals surface area contributed by atoms with Gasteiger partial charge in [0.2, 0.25) is 0 Å². The van der Waals surface area contributed by atoms with Crippen molar-refractivity contribution in [2.75, 3.05) is 19.8 Å². The molecule has 0 N–H and O–H groups in total. The molecule has 3 saturated carbocycles. The molecule has 4 fully saturated rings. The first-order valence-corrected chi connectivity index (χ1v) is 10.6. The lowest BCUT2D eigenvalue weighted by Gasteiger charge is -2.58. The molecule has 6 atom stereocenters. The number of fused-ring (bicyclic) bond motifs is 4. The largest absolute Gasteiger partial charge is 0.378 e. The lowest BCUT2D eigenvalue weighted by Crippen LogP contribution is -2.53. The van der Waals surface area contributed by atoms with Gasteiger partial charge >= 0.3 is 0 Å². The summed E-state index contributed by atoms with van der Waals surface area (Å²) < 4.78 is 12.3. The fourth-order valence-electron chi connectivity index (χ4n) is 7.80. The molecule has 1 aliphatic heterocycles. The van der Waals surface area contributed by atoms with Crippen LogP contribution in [0.25, 0.3) is 0 Å². The van der Waals surface area contributed by atoms with E-state index in [1.807, 2.05) is 0 Å². The molecule has 5 aliphatic rings. The summed E-state index contributed by atoms with van der Waals surface area (Å²) in [6.45, 7) is 2.44. The number of ether oxygens (including phenoxy) is 2. The van der Waals surface area contributed by atoms with Gasteiger partial charge in [0.1, 0.15) is 6.29 Å². The van der Waals surface area contributed by atoms with Crippen molar-refractivity contribution in [2.24, 2.45) is 28.6 Å². The quantitative estimate of drug-likeness (QED) is 0.553. The summed E-state index contributed by atoms with van der Waals surface area (Å²) in [5, 5.41) is 0. The first kappa shape index (κ1) is 16.5. The summed E-state index contributed by atoms with van der Waals surface area (Å²) >= 11 is 0. The molecular formula is C22H32O3. The summed E-state index contributed by atoms with van der Waals surface area (Å²) in [6, 6.07) is 0. The zero-order valence-electron chi connectivity index (χ0n) is 15.4. The molecule has 0 bridgehead atoms. The van der Waals surface area contributed by atoms with E-state index in [0.717, 1.165) is 44.0 Å². The summed E-state index contributed by atoms with van der Waals surface area (Å²) in [5.74, 6) is 2.19. The van der Waals surface area contributed by atoms with Crippen molar-refractivity contribution in [1.82, 2.24) is 0 Å². The van der Waals surface area contributed by atoms with Crippen LogP contribution in [0.1, 0.15) is 64.2 Å². The first-order chi connectivity index (χ1) is 12.3. The van der Waals surface area contributed by atoms with Crippen LogP contribution in [-0.4, -0.2) is 32.2 Å². The molecule has 25 heavy (non-hydrogen) atoms. The van der Waals surface area contributed by atoms with Crippen LogP contribution in [0.2, 0.25) is 0 Å². The highest BCUT2D eigenvalue weighted by Gasteiger charge is 2.61. The Kier molecular flexibility index (Phi) is 4.09. The number of aldehydes is 1. The molecule has 138 valence electrons. The molecule has 1 spiro atoms. The Morgan fingerprint density at radius 1 is 1.12 bits per heavy atom. The number of carbonyl (C=O) groups excluding carboxylic acids is 1. The van der Waals surface area contributed by atoms with E-state index in [-0.39, 0.29) is 10.8 Å². The van der Waals surface area contributed by atoms with Gasteiger partial charge in [-0.1, -0.05) is 18.1 Å². The molecule has 0 amide bonds.